The van der Waals surface area contributed by atoms with Crippen molar-refractivity contribution in [1.29, 1.82) is 0 Å². The van der Waals surface area contributed by atoms with Crippen molar-refractivity contribution in [2.75, 3.05) is 20.2 Å². The standard InChI is InChI=1S/C21H26N2O3/c1-25-19-7-8-20(26-14-18-4-2-3-10-22-18)16(12-19)13-23-11-9-21(24,15-23)17-5-6-17/h2-4,7-8,10,12,17,24H,5-6,9,11,13-15H2,1H3. The minimum absolute atomic E-state index is 0.437. The van der Waals surface area contributed by atoms with E-state index in [-0.39, 0.29) is 0 Å². The molecule has 5 nitrogen and oxygen atoms in total. The highest BCUT2D eigenvalue weighted by Gasteiger charge is 2.47. The molecule has 1 saturated heterocycles. The zero-order chi connectivity index (χ0) is 18.0. The Morgan fingerprint density at radius 2 is 2.15 bits per heavy atom. The van der Waals surface area contributed by atoms with Crippen LogP contribution in [0, 0.1) is 5.92 Å². The van der Waals surface area contributed by atoms with Gasteiger partial charge in [-0.2, -0.15) is 0 Å². The molecule has 0 radical (unpaired) electrons. The lowest BCUT2D eigenvalue weighted by atomic mass is 9.97. The number of hydrogen-bond acceptors (Lipinski definition) is 5. The van der Waals surface area contributed by atoms with Crippen LogP contribution in [-0.2, 0) is 13.2 Å². The number of ether oxygens (including phenoxy) is 2. The Bertz CT molecular complexity index is 748. The van der Waals surface area contributed by atoms with Gasteiger partial charge in [-0.3, -0.25) is 9.88 Å². The summed E-state index contributed by atoms with van der Waals surface area (Å²) in [6.07, 6.45) is 4.98. The molecule has 1 atom stereocenters. The van der Waals surface area contributed by atoms with Crippen molar-refractivity contribution in [3.05, 3.63) is 53.9 Å². The van der Waals surface area contributed by atoms with Gasteiger partial charge in [0.25, 0.3) is 0 Å². The second-order valence-electron chi connectivity index (χ2n) is 7.42. The number of aliphatic hydroxyl groups is 1. The Balaban J connectivity index is 1.46. The Morgan fingerprint density at radius 1 is 1.27 bits per heavy atom. The van der Waals surface area contributed by atoms with Gasteiger partial charge in [-0.05, 0) is 55.5 Å². The van der Waals surface area contributed by atoms with Gasteiger partial charge in [0, 0.05) is 31.4 Å². The molecule has 2 aliphatic rings. The number of pyridine rings is 1. The highest BCUT2D eigenvalue weighted by atomic mass is 16.5. The topological polar surface area (TPSA) is 54.8 Å². The van der Waals surface area contributed by atoms with Gasteiger partial charge >= 0.3 is 0 Å². The normalized spacial score (nSPS) is 23.2. The summed E-state index contributed by atoms with van der Waals surface area (Å²) < 4.78 is 11.4. The van der Waals surface area contributed by atoms with E-state index in [1.807, 2.05) is 36.4 Å². The van der Waals surface area contributed by atoms with Crippen LogP contribution in [0.15, 0.2) is 42.6 Å². The third-order valence-corrected chi connectivity index (χ3v) is 5.46. The summed E-state index contributed by atoms with van der Waals surface area (Å²) in [6, 6.07) is 11.7. The second-order valence-corrected chi connectivity index (χ2v) is 7.42. The van der Waals surface area contributed by atoms with E-state index in [0.717, 1.165) is 48.8 Å². The predicted octanol–water partition coefficient (Wildman–Crippen LogP) is 3.02. The van der Waals surface area contributed by atoms with Crippen molar-refractivity contribution < 1.29 is 14.6 Å². The minimum Gasteiger partial charge on any atom is -0.497 e. The van der Waals surface area contributed by atoms with Crippen LogP contribution in [-0.4, -0.2) is 40.8 Å². The highest BCUT2D eigenvalue weighted by Crippen LogP contribution is 2.44. The lowest BCUT2D eigenvalue weighted by Crippen LogP contribution is -2.35. The molecule has 2 fully saturated rings. The van der Waals surface area contributed by atoms with E-state index in [0.29, 0.717) is 12.5 Å². The molecule has 1 aliphatic carbocycles. The number of β-amino-alcohol motifs (C(OH)–C–C–N with tert-alkyl or cyclic N) is 1. The van der Waals surface area contributed by atoms with Crippen molar-refractivity contribution in [1.82, 2.24) is 9.88 Å². The molecule has 138 valence electrons. The van der Waals surface area contributed by atoms with Crippen molar-refractivity contribution in [3.63, 3.8) is 0 Å². The molecule has 1 saturated carbocycles. The first-order chi connectivity index (χ1) is 12.7. The fourth-order valence-electron chi connectivity index (χ4n) is 3.81. The van der Waals surface area contributed by atoms with Gasteiger partial charge < -0.3 is 14.6 Å². The van der Waals surface area contributed by atoms with Crippen molar-refractivity contribution in [2.45, 2.75) is 38.0 Å². The number of nitrogens with zero attached hydrogens (tertiary/aromatic N) is 2. The summed E-state index contributed by atoms with van der Waals surface area (Å²) in [5, 5.41) is 10.8. The van der Waals surface area contributed by atoms with E-state index in [1.54, 1.807) is 13.3 Å². The molecule has 0 spiro atoms. The van der Waals surface area contributed by atoms with Gasteiger partial charge in [-0.15, -0.1) is 0 Å². The van der Waals surface area contributed by atoms with Gasteiger partial charge in [-0.1, -0.05) is 6.07 Å². The Hall–Kier alpha value is -2.11. The number of hydrogen-bond donors (Lipinski definition) is 1. The molecule has 1 aromatic heterocycles. The quantitative estimate of drug-likeness (QED) is 0.828. The molecular formula is C21H26N2O3. The van der Waals surface area contributed by atoms with Gasteiger partial charge in [0.05, 0.1) is 18.4 Å². The molecule has 0 amide bonds. The fourth-order valence-corrected chi connectivity index (χ4v) is 3.81. The summed E-state index contributed by atoms with van der Waals surface area (Å²) in [5.41, 5.74) is 1.49. The lowest BCUT2D eigenvalue weighted by molar-refractivity contribution is 0.0262. The molecule has 1 unspecified atom stereocenters. The average molecular weight is 354 g/mol. The maximum atomic E-state index is 10.8. The van der Waals surface area contributed by atoms with Crippen LogP contribution in [0.3, 0.4) is 0 Å². The molecule has 2 aromatic rings. The number of benzene rings is 1. The maximum Gasteiger partial charge on any atom is 0.130 e. The van der Waals surface area contributed by atoms with Gasteiger partial charge in [0.15, 0.2) is 0 Å². The molecule has 1 aromatic carbocycles. The van der Waals surface area contributed by atoms with E-state index < -0.39 is 5.60 Å². The van der Waals surface area contributed by atoms with Crippen molar-refractivity contribution in [2.24, 2.45) is 5.92 Å². The van der Waals surface area contributed by atoms with Gasteiger partial charge in [0.2, 0.25) is 0 Å². The van der Waals surface area contributed by atoms with Gasteiger partial charge in [0.1, 0.15) is 18.1 Å². The SMILES string of the molecule is COc1ccc(OCc2ccccn2)c(CN2CCC(O)(C3CC3)C2)c1. The summed E-state index contributed by atoms with van der Waals surface area (Å²) in [6.45, 7) is 2.86. The third kappa shape index (κ3) is 3.84. The van der Waals surface area contributed by atoms with Crippen LogP contribution >= 0.6 is 0 Å². The summed E-state index contributed by atoms with van der Waals surface area (Å²) in [5.74, 6) is 2.16. The Kier molecular flexibility index (Phi) is 4.83. The number of methoxy groups -OCH3 is 1. The first-order valence-electron chi connectivity index (χ1n) is 9.31. The van der Waals surface area contributed by atoms with Crippen LogP contribution < -0.4 is 9.47 Å². The smallest absolute Gasteiger partial charge is 0.130 e. The molecule has 1 N–H and O–H groups in total. The molecule has 26 heavy (non-hydrogen) atoms. The second kappa shape index (κ2) is 7.25. The van der Waals surface area contributed by atoms with E-state index >= 15 is 0 Å². The summed E-state index contributed by atoms with van der Waals surface area (Å²) >= 11 is 0. The summed E-state index contributed by atoms with van der Waals surface area (Å²) in [7, 11) is 1.68. The minimum atomic E-state index is -0.492. The lowest BCUT2D eigenvalue weighted by Gasteiger charge is -2.24. The molecule has 0 bridgehead atoms. The van der Waals surface area contributed by atoms with E-state index in [9.17, 15) is 5.11 Å². The zero-order valence-corrected chi connectivity index (χ0v) is 15.2. The Labute approximate surface area is 154 Å². The number of likely N-dealkylation sites (tertiary alicyclic amines) is 1. The molecule has 4 rings (SSSR count). The summed E-state index contributed by atoms with van der Waals surface area (Å²) in [4.78, 5) is 6.63. The molecule has 5 heteroatoms. The van der Waals surface area contributed by atoms with Crippen LogP contribution in [0.5, 0.6) is 11.5 Å². The fraction of sp³-hybridized carbons (Fsp3) is 0.476. The van der Waals surface area contributed by atoms with Crippen LogP contribution in [0.1, 0.15) is 30.5 Å². The molecule has 2 heterocycles. The van der Waals surface area contributed by atoms with Gasteiger partial charge in [-0.25, -0.2) is 0 Å². The number of aromatic nitrogens is 1. The predicted molar refractivity (Wildman–Crippen MR) is 99.1 cm³/mol. The van der Waals surface area contributed by atoms with E-state index in [1.165, 1.54) is 12.8 Å². The third-order valence-electron chi connectivity index (χ3n) is 5.46. The monoisotopic (exact) mass is 354 g/mol. The van der Waals surface area contributed by atoms with Crippen molar-refractivity contribution >= 4 is 0 Å². The molecular weight excluding hydrogens is 328 g/mol. The van der Waals surface area contributed by atoms with E-state index in [2.05, 4.69) is 9.88 Å². The van der Waals surface area contributed by atoms with Crippen LogP contribution in [0.4, 0.5) is 0 Å². The maximum absolute atomic E-state index is 10.8. The zero-order valence-electron chi connectivity index (χ0n) is 15.2. The Morgan fingerprint density at radius 3 is 2.88 bits per heavy atom. The van der Waals surface area contributed by atoms with Crippen LogP contribution in [0.2, 0.25) is 0 Å². The van der Waals surface area contributed by atoms with E-state index in [4.69, 9.17) is 9.47 Å². The van der Waals surface area contributed by atoms with Crippen LogP contribution in [0.25, 0.3) is 0 Å². The number of rotatable bonds is 7. The largest absolute Gasteiger partial charge is 0.497 e. The molecule has 1 aliphatic heterocycles. The first-order valence-corrected chi connectivity index (χ1v) is 9.31. The highest BCUT2D eigenvalue weighted by molar-refractivity contribution is 5.40. The average Bonchev–Trinajstić information content (AvgIpc) is 3.46. The van der Waals surface area contributed by atoms with Crippen molar-refractivity contribution in [3.8, 4) is 11.5 Å². The first kappa shape index (κ1) is 17.3.